The minimum atomic E-state index is -4.97. The quantitative estimate of drug-likeness (QED) is 0.357. The van der Waals surface area contributed by atoms with Gasteiger partial charge in [-0.25, -0.2) is 0 Å². The molecule has 9 heteroatoms. The van der Waals surface area contributed by atoms with Crippen LogP contribution in [0.4, 0.5) is 26.3 Å². The smallest absolute Gasteiger partial charge is 0.346 e. The molecule has 40 heavy (non-hydrogen) atoms. The molecular weight excluding hydrogens is 530 g/mol. The first kappa shape index (κ1) is 30.4. The molecule has 2 aliphatic rings. The second kappa shape index (κ2) is 11.7. The highest BCUT2D eigenvalue weighted by molar-refractivity contribution is 5.84. The van der Waals surface area contributed by atoms with E-state index in [-0.39, 0.29) is 11.6 Å². The molecule has 2 aromatic rings. The number of likely N-dealkylation sites (tertiary alicyclic amines) is 1. The van der Waals surface area contributed by atoms with Gasteiger partial charge in [-0.3, -0.25) is 4.79 Å². The number of hydrogen-bond donors (Lipinski definition) is 1. The first-order valence-electron chi connectivity index (χ1n) is 14.1. The van der Waals surface area contributed by atoms with Crippen LogP contribution in [-0.4, -0.2) is 29.9 Å². The van der Waals surface area contributed by atoms with Crippen LogP contribution in [0.2, 0.25) is 0 Å². The number of nitrogens with zero attached hydrogens (tertiary/aromatic N) is 1. The highest BCUT2D eigenvalue weighted by Crippen LogP contribution is 2.45. The van der Waals surface area contributed by atoms with Crippen molar-refractivity contribution in [3.8, 4) is 0 Å². The summed E-state index contributed by atoms with van der Waals surface area (Å²) in [6.45, 7) is 7.93. The summed E-state index contributed by atoms with van der Waals surface area (Å²) in [4.78, 5) is 16.0. The van der Waals surface area contributed by atoms with E-state index >= 15 is 0 Å². The molecule has 2 aromatic carbocycles. The molecule has 1 N–H and O–H groups in total. The topological polar surface area (TPSA) is 32.3 Å². The number of amides is 1. The molecular formula is C31H38F6N2O. The molecule has 4 rings (SSSR count). The Kier molecular flexibility index (Phi) is 8.93. The van der Waals surface area contributed by atoms with Crippen LogP contribution in [0.1, 0.15) is 87.5 Å². The van der Waals surface area contributed by atoms with Crippen molar-refractivity contribution in [3.63, 3.8) is 0 Å². The van der Waals surface area contributed by atoms with Crippen LogP contribution in [0.25, 0.3) is 0 Å². The van der Waals surface area contributed by atoms with E-state index in [4.69, 9.17) is 0 Å². The van der Waals surface area contributed by atoms with Crippen molar-refractivity contribution in [1.82, 2.24) is 10.2 Å². The van der Waals surface area contributed by atoms with Gasteiger partial charge in [0.1, 0.15) is 0 Å². The zero-order valence-corrected chi connectivity index (χ0v) is 23.2. The predicted octanol–water partition coefficient (Wildman–Crippen LogP) is 8.15. The van der Waals surface area contributed by atoms with E-state index in [0.29, 0.717) is 42.9 Å². The van der Waals surface area contributed by atoms with Crippen LogP contribution >= 0.6 is 0 Å². The third kappa shape index (κ3) is 6.84. The van der Waals surface area contributed by atoms with Crippen molar-refractivity contribution in [3.05, 3.63) is 70.8 Å². The van der Waals surface area contributed by atoms with Crippen molar-refractivity contribution < 1.29 is 31.1 Å². The van der Waals surface area contributed by atoms with E-state index in [1.54, 1.807) is 0 Å². The third-order valence-corrected chi connectivity index (χ3v) is 9.05. The third-order valence-electron chi connectivity index (χ3n) is 9.05. The Labute approximate surface area is 232 Å². The summed E-state index contributed by atoms with van der Waals surface area (Å²) in [7, 11) is 0. The molecule has 1 heterocycles. The fourth-order valence-electron chi connectivity index (χ4n) is 6.48. The molecule has 2 fully saturated rings. The first-order valence-corrected chi connectivity index (χ1v) is 14.1. The second-order valence-corrected chi connectivity index (χ2v) is 11.8. The largest absolute Gasteiger partial charge is 0.416 e. The van der Waals surface area contributed by atoms with Gasteiger partial charge in [-0.05, 0) is 114 Å². The Morgan fingerprint density at radius 3 is 1.80 bits per heavy atom. The molecule has 0 unspecified atom stereocenters. The van der Waals surface area contributed by atoms with Gasteiger partial charge in [0.15, 0.2) is 0 Å². The van der Waals surface area contributed by atoms with Crippen molar-refractivity contribution in [1.29, 1.82) is 0 Å². The van der Waals surface area contributed by atoms with E-state index in [9.17, 15) is 31.1 Å². The molecule has 0 spiro atoms. The first-order chi connectivity index (χ1) is 18.7. The lowest BCUT2D eigenvalue weighted by molar-refractivity contribution is -0.143. The Morgan fingerprint density at radius 1 is 0.825 bits per heavy atom. The van der Waals surface area contributed by atoms with Gasteiger partial charge in [0.05, 0.1) is 22.6 Å². The van der Waals surface area contributed by atoms with Gasteiger partial charge in [0.2, 0.25) is 5.91 Å². The molecule has 1 atom stereocenters. The molecule has 0 aromatic heterocycles. The van der Waals surface area contributed by atoms with Gasteiger partial charge < -0.3 is 10.2 Å². The van der Waals surface area contributed by atoms with Gasteiger partial charge >= 0.3 is 12.4 Å². The summed E-state index contributed by atoms with van der Waals surface area (Å²) in [5.74, 6) is -0.648. The summed E-state index contributed by atoms with van der Waals surface area (Å²) < 4.78 is 80.6. The average Bonchev–Trinajstić information content (AvgIpc) is 2.92. The van der Waals surface area contributed by atoms with Gasteiger partial charge in [-0.15, -0.1) is 0 Å². The zero-order chi connectivity index (χ0) is 29.3. The number of alkyl halides is 6. The Hall–Kier alpha value is -2.55. The number of carbonyl (C=O) groups excluding carboxylic acids is 1. The average molecular weight is 569 g/mol. The SMILES string of the molecule is CC(C)N1CCC(C2CCC(NC(=O)[C@@H](C)c3cc(C(F)(F)F)cc(C(F)(F)F)c3)(c3ccccc3)CC2)CC1. The lowest BCUT2D eigenvalue weighted by Gasteiger charge is -2.45. The lowest BCUT2D eigenvalue weighted by atomic mass is 9.67. The molecule has 1 saturated carbocycles. The number of benzene rings is 2. The van der Waals surface area contributed by atoms with Crippen molar-refractivity contribution in [2.24, 2.45) is 11.8 Å². The Bertz CT molecular complexity index is 1110. The standard InChI is InChI=1S/C31H38F6N2O/c1-20(2)39-15-11-23(12-16-39)22-9-13-29(14-10-22,25-7-5-4-6-8-25)38-28(40)21(3)24-17-26(30(32,33)34)19-27(18-24)31(35,36)37/h4-8,17-23H,9-16H2,1-3H3,(H,38,40)/t21-,22?,29?/m0/s1. The van der Waals surface area contributed by atoms with E-state index in [1.165, 1.54) is 6.92 Å². The fraction of sp³-hybridized carbons (Fsp3) is 0.581. The Balaban J connectivity index is 1.54. The van der Waals surface area contributed by atoms with Crippen molar-refractivity contribution in [2.75, 3.05) is 13.1 Å². The number of rotatable bonds is 6. The van der Waals surface area contributed by atoms with Gasteiger partial charge in [-0.2, -0.15) is 26.3 Å². The Morgan fingerprint density at radius 2 is 1.32 bits per heavy atom. The number of halogens is 6. The summed E-state index contributed by atoms with van der Waals surface area (Å²) in [6, 6.07) is 11.4. The summed E-state index contributed by atoms with van der Waals surface area (Å²) in [5, 5.41) is 3.10. The maximum Gasteiger partial charge on any atom is 0.416 e. The lowest BCUT2D eigenvalue weighted by Crippen LogP contribution is -2.50. The summed E-state index contributed by atoms with van der Waals surface area (Å²) >= 11 is 0. The number of nitrogens with one attached hydrogen (secondary N) is 1. The van der Waals surface area contributed by atoms with Gasteiger partial charge in [0.25, 0.3) is 0 Å². The highest BCUT2D eigenvalue weighted by Gasteiger charge is 2.42. The van der Waals surface area contributed by atoms with Crippen molar-refractivity contribution >= 4 is 5.91 Å². The monoisotopic (exact) mass is 568 g/mol. The van der Waals surface area contributed by atoms with Crippen LogP contribution < -0.4 is 5.32 Å². The predicted molar refractivity (Wildman–Crippen MR) is 143 cm³/mol. The second-order valence-electron chi connectivity index (χ2n) is 11.8. The number of hydrogen-bond acceptors (Lipinski definition) is 2. The van der Waals surface area contributed by atoms with E-state index in [2.05, 4.69) is 24.1 Å². The van der Waals surface area contributed by atoms with E-state index in [0.717, 1.165) is 44.3 Å². The summed E-state index contributed by atoms with van der Waals surface area (Å²) in [6.07, 6.45) is -4.52. The molecule has 0 bridgehead atoms. The van der Waals surface area contributed by atoms with Gasteiger partial charge in [-0.1, -0.05) is 30.3 Å². The van der Waals surface area contributed by atoms with Crippen molar-refractivity contribution in [2.45, 2.75) is 89.1 Å². The number of piperidine rings is 1. The minimum Gasteiger partial charge on any atom is -0.346 e. The van der Waals surface area contributed by atoms with Crippen LogP contribution in [0.3, 0.4) is 0 Å². The molecule has 1 aliphatic carbocycles. The van der Waals surface area contributed by atoms with Crippen LogP contribution in [0.5, 0.6) is 0 Å². The normalized spacial score (nSPS) is 24.2. The molecule has 1 aliphatic heterocycles. The zero-order valence-electron chi connectivity index (χ0n) is 23.2. The van der Waals surface area contributed by atoms with E-state index < -0.39 is 40.8 Å². The maximum atomic E-state index is 13.5. The molecule has 220 valence electrons. The molecule has 1 amide bonds. The van der Waals surface area contributed by atoms with Crippen LogP contribution in [-0.2, 0) is 22.7 Å². The van der Waals surface area contributed by atoms with Gasteiger partial charge in [0, 0.05) is 6.04 Å². The fourth-order valence-corrected chi connectivity index (χ4v) is 6.48. The van der Waals surface area contributed by atoms with E-state index in [1.807, 2.05) is 30.3 Å². The highest BCUT2D eigenvalue weighted by atomic mass is 19.4. The number of carbonyl (C=O) groups is 1. The minimum absolute atomic E-state index is 0.0898. The summed E-state index contributed by atoms with van der Waals surface area (Å²) in [5.41, 5.74) is -2.97. The van der Waals surface area contributed by atoms with Crippen LogP contribution in [0, 0.1) is 11.8 Å². The molecule has 1 saturated heterocycles. The molecule has 3 nitrogen and oxygen atoms in total. The maximum absolute atomic E-state index is 13.5. The molecule has 0 radical (unpaired) electrons. The van der Waals surface area contributed by atoms with Crippen LogP contribution in [0.15, 0.2) is 48.5 Å².